The minimum atomic E-state index is -1.19. The predicted octanol–water partition coefficient (Wildman–Crippen LogP) is -1.54. The van der Waals surface area contributed by atoms with E-state index in [1.54, 1.807) is 0 Å². The van der Waals surface area contributed by atoms with Crippen molar-refractivity contribution in [1.29, 1.82) is 0 Å². The van der Waals surface area contributed by atoms with Gasteiger partial charge in [0.15, 0.2) is 0 Å². The summed E-state index contributed by atoms with van der Waals surface area (Å²) in [6, 6.07) is 0. The van der Waals surface area contributed by atoms with Crippen LogP contribution in [0.3, 0.4) is 0 Å². The van der Waals surface area contributed by atoms with Crippen LogP contribution in [-0.2, 0) is 19.1 Å². The quantitative estimate of drug-likeness (QED) is 0.476. The third-order valence-electron chi connectivity index (χ3n) is 3.55. The molecule has 3 saturated heterocycles. The summed E-state index contributed by atoms with van der Waals surface area (Å²) in [5, 5.41) is 10.9. The fourth-order valence-electron chi connectivity index (χ4n) is 2.96. The molecule has 3 heterocycles. The van der Waals surface area contributed by atoms with E-state index in [1.807, 2.05) is 0 Å². The van der Waals surface area contributed by atoms with Crippen LogP contribution in [0.5, 0.6) is 0 Å². The number of carbonyl (C=O) groups excluding carboxylic acids is 2. The Morgan fingerprint density at radius 1 is 1.57 bits per heavy atom. The molecule has 4 atom stereocenters. The Hall–Kier alpha value is -1.10. The molecule has 0 N–H and O–H groups in total. The Kier molecular flexibility index (Phi) is 1.34. The molecule has 5 heteroatoms. The maximum absolute atomic E-state index is 11.4. The zero-order chi connectivity index (χ0) is 9.92. The van der Waals surface area contributed by atoms with Gasteiger partial charge in [-0.2, -0.15) is 0 Å². The molecule has 3 rings (SSSR count). The number of rotatable bonds is 1. The molecule has 76 valence electrons. The molecule has 0 radical (unpaired) electrons. The van der Waals surface area contributed by atoms with Crippen LogP contribution in [-0.4, -0.2) is 30.3 Å². The van der Waals surface area contributed by atoms with Gasteiger partial charge in [-0.1, -0.05) is 0 Å². The first kappa shape index (κ1) is 8.23. The second kappa shape index (κ2) is 2.28. The summed E-state index contributed by atoms with van der Waals surface area (Å²) in [7, 11) is 0. The number of aliphatic carboxylic acids is 1. The van der Waals surface area contributed by atoms with Crippen LogP contribution in [0, 0.1) is 11.8 Å². The van der Waals surface area contributed by atoms with Crippen molar-refractivity contribution in [3.8, 4) is 0 Å². The molecule has 0 aromatic heterocycles. The van der Waals surface area contributed by atoms with Gasteiger partial charge >= 0.3 is 5.97 Å². The number of ether oxygens (including phenoxy) is 2. The number of cyclic esters (lactones) is 1. The fourth-order valence-corrected chi connectivity index (χ4v) is 2.96. The molecule has 0 aromatic rings. The van der Waals surface area contributed by atoms with E-state index in [2.05, 4.69) is 0 Å². The first-order chi connectivity index (χ1) is 6.64. The fraction of sp³-hybridized carbons (Fsp3) is 0.778. The molecule has 0 aliphatic carbocycles. The lowest BCUT2D eigenvalue weighted by Gasteiger charge is -2.26. The van der Waals surface area contributed by atoms with Crippen molar-refractivity contribution in [2.24, 2.45) is 11.8 Å². The van der Waals surface area contributed by atoms with Crippen LogP contribution >= 0.6 is 0 Å². The molecule has 2 bridgehead atoms. The summed E-state index contributed by atoms with van der Waals surface area (Å²) in [4.78, 5) is 22.2. The van der Waals surface area contributed by atoms with Gasteiger partial charge in [0.1, 0.15) is 12.2 Å². The average molecular weight is 197 g/mol. The third kappa shape index (κ3) is 0.744. The molecule has 1 spiro atoms. The molecular weight excluding hydrogens is 188 g/mol. The Bertz CT molecular complexity index is 325. The second-order valence-electron chi connectivity index (χ2n) is 4.19. The molecule has 3 aliphatic rings. The Labute approximate surface area is 80.0 Å². The van der Waals surface area contributed by atoms with E-state index in [-0.39, 0.29) is 12.7 Å². The van der Waals surface area contributed by atoms with E-state index in [1.165, 1.54) is 0 Å². The number of carbonyl (C=O) groups is 2. The van der Waals surface area contributed by atoms with E-state index in [4.69, 9.17) is 9.47 Å². The Morgan fingerprint density at radius 2 is 2.36 bits per heavy atom. The van der Waals surface area contributed by atoms with Crippen LogP contribution in [0.15, 0.2) is 0 Å². The molecule has 0 aromatic carbocycles. The van der Waals surface area contributed by atoms with Crippen molar-refractivity contribution >= 4 is 11.9 Å². The SMILES string of the molecule is O=C([O-])[C@H]1[C@H]2C(=O)OC[C@]23CC[C@H]1O3. The van der Waals surface area contributed by atoms with Crippen LogP contribution in [0.1, 0.15) is 12.8 Å². The Balaban J connectivity index is 2.03. The van der Waals surface area contributed by atoms with Gasteiger partial charge in [0.05, 0.1) is 12.0 Å². The highest BCUT2D eigenvalue weighted by Crippen LogP contribution is 2.54. The zero-order valence-electron chi connectivity index (χ0n) is 7.39. The van der Waals surface area contributed by atoms with Crippen molar-refractivity contribution in [1.82, 2.24) is 0 Å². The van der Waals surface area contributed by atoms with Crippen molar-refractivity contribution in [3.05, 3.63) is 0 Å². The van der Waals surface area contributed by atoms with E-state index >= 15 is 0 Å². The summed E-state index contributed by atoms with van der Waals surface area (Å²) in [5.41, 5.74) is -0.646. The first-order valence-electron chi connectivity index (χ1n) is 4.69. The summed E-state index contributed by atoms with van der Waals surface area (Å²) >= 11 is 0. The third-order valence-corrected chi connectivity index (χ3v) is 3.55. The lowest BCUT2D eigenvalue weighted by atomic mass is 9.73. The predicted molar refractivity (Wildman–Crippen MR) is 39.8 cm³/mol. The first-order valence-corrected chi connectivity index (χ1v) is 4.69. The van der Waals surface area contributed by atoms with Gasteiger partial charge in [-0.05, 0) is 12.8 Å². The van der Waals surface area contributed by atoms with E-state index in [0.29, 0.717) is 6.42 Å². The van der Waals surface area contributed by atoms with Crippen molar-refractivity contribution in [3.63, 3.8) is 0 Å². The number of carboxylic acids is 1. The maximum Gasteiger partial charge on any atom is 0.312 e. The number of hydrogen-bond donors (Lipinski definition) is 0. The van der Waals surface area contributed by atoms with Crippen LogP contribution < -0.4 is 5.11 Å². The van der Waals surface area contributed by atoms with Gasteiger partial charge < -0.3 is 19.4 Å². The number of esters is 1. The number of fused-ring (bicyclic) bond motifs is 1. The second-order valence-corrected chi connectivity index (χ2v) is 4.19. The Morgan fingerprint density at radius 3 is 3.07 bits per heavy atom. The standard InChI is InChI=1S/C9H10O5/c10-7(11)5-4-1-2-9(14-4)3-13-8(12)6(5)9/h4-6H,1-3H2,(H,10,11)/p-1/t4-,5-,6+,9-/m1/s1. The van der Waals surface area contributed by atoms with Crippen molar-refractivity contribution in [2.75, 3.05) is 6.61 Å². The monoisotopic (exact) mass is 197 g/mol. The molecule has 14 heavy (non-hydrogen) atoms. The van der Waals surface area contributed by atoms with Crippen LogP contribution in [0.25, 0.3) is 0 Å². The topological polar surface area (TPSA) is 75.7 Å². The van der Waals surface area contributed by atoms with Crippen LogP contribution in [0.2, 0.25) is 0 Å². The molecule has 0 saturated carbocycles. The van der Waals surface area contributed by atoms with E-state index in [9.17, 15) is 14.7 Å². The molecule has 3 fully saturated rings. The molecule has 3 aliphatic heterocycles. The van der Waals surface area contributed by atoms with Gasteiger partial charge in [-0.15, -0.1) is 0 Å². The largest absolute Gasteiger partial charge is 0.550 e. The van der Waals surface area contributed by atoms with Gasteiger partial charge in [0, 0.05) is 11.9 Å². The smallest absolute Gasteiger partial charge is 0.312 e. The van der Waals surface area contributed by atoms with Gasteiger partial charge in [0.2, 0.25) is 0 Å². The molecule has 0 unspecified atom stereocenters. The molecule has 0 amide bonds. The van der Waals surface area contributed by atoms with E-state index < -0.39 is 29.4 Å². The van der Waals surface area contributed by atoms with Gasteiger partial charge in [0.25, 0.3) is 0 Å². The minimum Gasteiger partial charge on any atom is -0.550 e. The summed E-state index contributed by atoms with van der Waals surface area (Å²) < 4.78 is 10.4. The van der Waals surface area contributed by atoms with Crippen molar-refractivity contribution in [2.45, 2.75) is 24.5 Å². The van der Waals surface area contributed by atoms with Gasteiger partial charge in [-0.25, -0.2) is 0 Å². The number of hydrogen-bond acceptors (Lipinski definition) is 5. The lowest BCUT2D eigenvalue weighted by molar-refractivity contribution is -0.314. The highest BCUT2D eigenvalue weighted by molar-refractivity contribution is 5.84. The summed E-state index contributed by atoms with van der Waals surface area (Å²) in [6.07, 6.45) is 1.06. The lowest BCUT2D eigenvalue weighted by Crippen LogP contribution is -2.46. The van der Waals surface area contributed by atoms with Gasteiger partial charge in [-0.3, -0.25) is 4.79 Å². The van der Waals surface area contributed by atoms with Crippen molar-refractivity contribution < 1.29 is 24.2 Å². The summed E-state index contributed by atoms with van der Waals surface area (Å²) in [6.45, 7) is 0.205. The maximum atomic E-state index is 11.4. The molecular formula is C9H9O5-. The molecule has 5 nitrogen and oxygen atoms in total. The zero-order valence-corrected chi connectivity index (χ0v) is 7.39. The van der Waals surface area contributed by atoms with Crippen LogP contribution in [0.4, 0.5) is 0 Å². The number of carboxylic acid groups (broad SMARTS) is 1. The van der Waals surface area contributed by atoms with E-state index in [0.717, 1.165) is 6.42 Å². The normalized spacial score (nSPS) is 49.1. The average Bonchev–Trinajstić information content (AvgIpc) is 2.75. The summed E-state index contributed by atoms with van der Waals surface area (Å²) in [5.74, 6) is -3.08. The minimum absolute atomic E-state index is 0.205. The highest BCUT2D eigenvalue weighted by Gasteiger charge is 2.66. The highest BCUT2D eigenvalue weighted by atomic mass is 16.6.